The minimum Gasteiger partial charge on any atom is -0.0622 e. The highest BCUT2D eigenvalue weighted by molar-refractivity contribution is 6.49. The highest BCUT2D eigenvalue weighted by atomic mass is 14.3. The first-order valence-electron chi connectivity index (χ1n) is 24.6. The zero-order chi connectivity index (χ0) is 45.3. The molecule has 1 aliphatic carbocycles. The summed E-state index contributed by atoms with van der Waals surface area (Å²) in [6, 6.07) is 87.5. The summed E-state index contributed by atoms with van der Waals surface area (Å²) in [5.41, 5.74) is 15.3. The minimum absolute atomic E-state index is 1.21. The standard InChI is InChI=1S/C70H38/c1-3-16-39(17-4-1)41-20-7-13-26-47(41)65-60-38-59-46-25-12-11-24-45(46)49-28-15-29-56(61(49)59)67(60)68(48-27-14-8-21-42(48)40-18-5-2-6-19-40)70-58-37-35-55-53-33-31-51-44-23-10-9-22-43(44)50-30-32-52(63(53)62(50)51)54-34-36-57(69(65)70)66(58)64(54)55/h1-38H. The number of fused-ring (bicyclic) bond motifs is 13. The van der Waals surface area contributed by atoms with Crippen LogP contribution in [0.15, 0.2) is 231 Å². The van der Waals surface area contributed by atoms with E-state index >= 15 is 0 Å². The van der Waals surface area contributed by atoms with Crippen molar-refractivity contribution >= 4 is 108 Å². The summed E-state index contributed by atoms with van der Waals surface area (Å²) >= 11 is 0. The van der Waals surface area contributed by atoms with Gasteiger partial charge in [-0.15, -0.1) is 0 Å². The molecule has 16 aromatic carbocycles. The summed E-state index contributed by atoms with van der Waals surface area (Å²) in [6.07, 6.45) is 0. The second-order valence-electron chi connectivity index (χ2n) is 19.6. The lowest BCUT2D eigenvalue weighted by atomic mass is 9.81. The molecule has 0 heterocycles. The molecule has 0 atom stereocenters. The van der Waals surface area contributed by atoms with Crippen LogP contribution in [0.1, 0.15) is 0 Å². The molecule has 1 aliphatic rings. The van der Waals surface area contributed by atoms with Gasteiger partial charge in [-0.3, -0.25) is 0 Å². The molecule has 0 heteroatoms. The third kappa shape index (κ3) is 4.52. The normalized spacial score (nSPS) is 12.6. The van der Waals surface area contributed by atoms with E-state index in [2.05, 4.69) is 231 Å². The first-order valence-corrected chi connectivity index (χ1v) is 24.6. The first kappa shape index (κ1) is 37.0. The van der Waals surface area contributed by atoms with Gasteiger partial charge in [0, 0.05) is 0 Å². The molecule has 0 amide bonds. The van der Waals surface area contributed by atoms with E-state index in [4.69, 9.17) is 0 Å². The van der Waals surface area contributed by atoms with E-state index in [1.807, 2.05) is 0 Å². The van der Waals surface area contributed by atoms with Crippen molar-refractivity contribution in [3.63, 3.8) is 0 Å². The van der Waals surface area contributed by atoms with E-state index in [-0.39, 0.29) is 0 Å². The average molecular weight is 879 g/mol. The van der Waals surface area contributed by atoms with Crippen LogP contribution in [0.25, 0.3) is 174 Å². The second kappa shape index (κ2) is 13.3. The Bertz CT molecular complexity index is 4830. The molecule has 0 nitrogen and oxygen atoms in total. The van der Waals surface area contributed by atoms with Crippen molar-refractivity contribution < 1.29 is 0 Å². The second-order valence-corrected chi connectivity index (χ2v) is 19.6. The molecule has 0 unspecified atom stereocenters. The van der Waals surface area contributed by atoms with Crippen LogP contribution in [0.5, 0.6) is 0 Å². The first-order chi connectivity index (χ1) is 34.8. The Balaban J connectivity index is 1.15. The lowest BCUT2D eigenvalue weighted by molar-refractivity contribution is 1.61. The lowest BCUT2D eigenvalue weighted by Crippen LogP contribution is -1.94. The van der Waals surface area contributed by atoms with Crippen molar-refractivity contribution in [1.29, 1.82) is 0 Å². The highest BCUT2D eigenvalue weighted by Crippen LogP contribution is 2.59. The quantitative estimate of drug-likeness (QED) is 0.122. The summed E-state index contributed by atoms with van der Waals surface area (Å²) in [5.74, 6) is 0. The smallest absolute Gasteiger partial charge is 0.000696 e. The maximum absolute atomic E-state index is 2.58. The number of rotatable bonds is 4. The Labute approximate surface area is 402 Å². The Hall–Kier alpha value is -9.10. The Morgan fingerprint density at radius 3 is 1.10 bits per heavy atom. The fraction of sp³-hybridized carbons (Fsp3) is 0. The summed E-state index contributed by atoms with van der Waals surface area (Å²) in [7, 11) is 0. The fourth-order valence-electron chi connectivity index (χ4n) is 13.8. The Kier molecular flexibility index (Phi) is 7.03. The molecule has 0 spiro atoms. The molecule has 0 fully saturated rings. The van der Waals surface area contributed by atoms with Crippen LogP contribution in [-0.4, -0.2) is 0 Å². The van der Waals surface area contributed by atoms with Gasteiger partial charge in [0.2, 0.25) is 0 Å². The predicted octanol–water partition coefficient (Wildman–Crippen LogP) is 19.8. The fourth-order valence-corrected chi connectivity index (χ4v) is 13.8. The van der Waals surface area contributed by atoms with Gasteiger partial charge in [0.15, 0.2) is 0 Å². The summed E-state index contributed by atoms with van der Waals surface area (Å²) < 4.78 is 0. The molecule has 70 heavy (non-hydrogen) atoms. The molecule has 0 bridgehead atoms. The van der Waals surface area contributed by atoms with Crippen LogP contribution >= 0.6 is 0 Å². The molecule has 0 aromatic heterocycles. The highest BCUT2D eigenvalue weighted by Gasteiger charge is 2.31. The van der Waals surface area contributed by atoms with E-state index < -0.39 is 0 Å². The van der Waals surface area contributed by atoms with Gasteiger partial charge in [-0.2, -0.15) is 0 Å². The predicted molar refractivity (Wildman–Crippen MR) is 301 cm³/mol. The van der Waals surface area contributed by atoms with Crippen LogP contribution in [0.3, 0.4) is 0 Å². The SMILES string of the molecule is c1ccc(-c2ccccc2-c2c3cc4c5ccccc5c5cccc(c3c(-c3ccccc3-c3ccccc3)c3c6ccc7c8ccc9c%10c(ccc(c%11ccc(c23)c6c%117)c%108)-c2ccccc2-9)c54)cc1. The summed E-state index contributed by atoms with van der Waals surface area (Å²) in [5, 5.41) is 26.5. The molecular weight excluding hydrogens is 841 g/mol. The van der Waals surface area contributed by atoms with Crippen molar-refractivity contribution in [1.82, 2.24) is 0 Å². The summed E-state index contributed by atoms with van der Waals surface area (Å²) in [6.45, 7) is 0. The van der Waals surface area contributed by atoms with Crippen molar-refractivity contribution in [2.75, 3.05) is 0 Å². The zero-order valence-electron chi connectivity index (χ0n) is 37.9. The molecule has 0 saturated carbocycles. The molecule has 0 saturated heterocycles. The largest absolute Gasteiger partial charge is 0.0622 e. The monoisotopic (exact) mass is 878 g/mol. The van der Waals surface area contributed by atoms with E-state index in [0.717, 1.165) is 0 Å². The molecule has 0 aliphatic heterocycles. The maximum Gasteiger partial charge on any atom is -0.000696 e. The molecule has 17 rings (SSSR count). The molecular formula is C70H38. The van der Waals surface area contributed by atoms with Gasteiger partial charge >= 0.3 is 0 Å². The van der Waals surface area contributed by atoms with Gasteiger partial charge in [-0.05, 0) is 181 Å². The minimum atomic E-state index is 1.21. The third-order valence-corrected chi connectivity index (χ3v) is 16.4. The van der Waals surface area contributed by atoms with Crippen LogP contribution < -0.4 is 0 Å². The van der Waals surface area contributed by atoms with E-state index in [0.29, 0.717) is 0 Å². The maximum atomic E-state index is 2.58. The van der Waals surface area contributed by atoms with Gasteiger partial charge in [0.1, 0.15) is 0 Å². The molecule has 0 N–H and O–H groups in total. The van der Waals surface area contributed by atoms with Crippen LogP contribution in [-0.2, 0) is 0 Å². The van der Waals surface area contributed by atoms with Crippen LogP contribution in [0.2, 0.25) is 0 Å². The van der Waals surface area contributed by atoms with Crippen LogP contribution in [0, 0.1) is 0 Å². The van der Waals surface area contributed by atoms with Gasteiger partial charge in [0.05, 0.1) is 0 Å². The number of hydrogen-bond donors (Lipinski definition) is 0. The Morgan fingerprint density at radius 1 is 0.143 bits per heavy atom. The number of benzene rings is 14. The van der Waals surface area contributed by atoms with E-state index in [1.54, 1.807) is 0 Å². The van der Waals surface area contributed by atoms with E-state index in [9.17, 15) is 0 Å². The van der Waals surface area contributed by atoms with Crippen LogP contribution in [0.4, 0.5) is 0 Å². The topological polar surface area (TPSA) is 0 Å². The van der Waals surface area contributed by atoms with Crippen molar-refractivity contribution in [3.8, 4) is 66.8 Å². The summed E-state index contributed by atoms with van der Waals surface area (Å²) in [4.78, 5) is 0. The van der Waals surface area contributed by atoms with Crippen molar-refractivity contribution in [2.24, 2.45) is 0 Å². The number of hydrogen-bond acceptors (Lipinski definition) is 0. The molecule has 0 radical (unpaired) electrons. The average Bonchev–Trinajstić information content (AvgIpc) is 4.07. The molecule has 318 valence electrons. The zero-order valence-corrected chi connectivity index (χ0v) is 37.9. The molecule has 16 aromatic rings. The third-order valence-electron chi connectivity index (χ3n) is 16.4. The van der Waals surface area contributed by atoms with Gasteiger partial charge < -0.3 is 0 Å². The van der Waals surface area contributed by atoms with Gasteiger partial charge in [-0.1, -0.05) is 224 Å². The van der Waals surface area contributed by atoms with Gasteiger partial charge in [0.25, 0.3) is 0 Å². The Morgan fingerprint density at radius 2 is 0.514 bits per heavy atom. The van der Waals surface area contributed by atoms with Gasteiger partial charge in [-0.25, -0.2) is 0 Å². The van der Waals surface area contributed by atoms with Crippen molar-refractivity contribution in [2.45, 2.75) is 0 Å². The lowest BCUT2D eigenvalue weighted by Gasteiger charge is -2.22. The van der Waals surface area contributed by atoms with Crippen molar-refractivity contribution in [3.05, 3.63) is 231 Å². The van der Waals surface area contributed by atoms with E-state index in [1.165, 1.54) is 174 Å².